The Kier molecular flexibility index (Phi) is 5.71. The number of carbonyl (C=O) groups excluding carboxylic acids is 1. The first kappa shape index (κ1) is 18.3. The fourth-order valence-corrected chi connectivity index (χ4v) is 4.06. The van der Waals surface area contributed by atoms with Crippen LogP contribution < -0.4 is 0 Å². The molecule has 0 unspecified atom stereocenters. The number of aromatic nitrogens is 1. The molecule has 2 saturated heterocycles. The summed E-state index contributed by atoms with van der Waals surface area (Å²) in [6.07, 6.45) is 2.10. The highest BCUT2D eigenvalue weighted by Crippen LogP contribution is 2.26. The highest BCUT2D eigenvalue weighted by atomic mass is 16.5. The third-order valence-corrected chi connectivity index (χ3v) is 5.24. The van der Waals surface area contributed by atoms with Gasteiger partial charge in [0.25, 0.3) is 5.91 Å². The number of aliphatic hydroxyl groups excluding tert-OH is 1. The van der Waals surface area contributed by atoms with Gasteiger partial charge in [0.1, 0.15) is 0 Å². The maximum atomic E-state index is 12.7. The molecule has 6 nitrogen and oxygen atoms in total. The standard InChI is InChI=1S/C19H29N3O3/c1-13-4-5-16(6-20-13)19(24)22-10-17(18(11-22)12-23)9-21-7-14(2)25-15(3)8-21/h4-6,14-15,17-18,23H,7-12H2,1-3H3/t14-,15+,17-,18-/m1/s1. The zero-order valence-electron chi connectivity index (χ0n) is 15.4. The molecular weight excluding hydrogens is 318 g/mol. The lowest BCUT2D eigenvalue weighted by Gasteiger charge is -2.37. The molecule has 2 fully saturated rings. The number of nitrogens with zero attached hydrogens (tertiary/aromatic N) is 3. The molecule has 1 aromatic heterocycles. The lowest BCUT2D eigenvalue weighted by atomic mass is 9.96. The smallest absolute Gasteiger partial charge is 0.255 e. The molecule has 1 amide bonds. The molecule has 6 heteroatoms. The van der Waals surface area contributed by atoms with Crippen LogP contribution in [0.15, 0.2) is 18.3 Å². The molecule has 25 heavy (non-hydrogen) atoms. The van der Waals surface area contributed by atoms with E-state index in [1.165, 1.54) is 0 Å². The Labute approximate surface area is 149 Å². The van der Waals surface area contributed by atoms with Crippen molar-refractivity contribution in [2.75, 3.05) is 39.3 Å². The number of amides is 1. The highest BCUT2D eigenvalue weighted by molar-refractivity contribution is 5.94. The second-order valence-electron chi connectivity index (χ2n) is 7.58. The van der Waals surface area contributed by atoms with Crippen molar-refractivity contribution >= 4 is 5.91 Å². The Hall–Kier alpha value is -1.50. The minimum atomic E-state index is 0.0113. The molecule has 0 bridgehead atoms. The summed E-state index contributed by atoms with van der Waals surface area (Å²) in [7, 11) is 0. The molecule has 1 aromatic rings. The van der Waals surface area contributed by atoms with Gasteiger partial charge in [-0.1, -0.05) is 0 Å². The van der Waals surface area contributed by atoms with E-state index in [1.54, 1.807) is 6.20 Å². The molecule has 4 atom stereocenters. The van der Waals surface area contributed by atoms with Crippen molar-refractivity contribution in [2.24, 2.45) is 11.8 Å². The summed E-state index contributed by atoms with van der Waals surface area (Å²) >= 11 is 0. The van der Waals surface area contributed by atoms with Gasteiger partial charge in [0.15, 0.2) is 0 Å². The predicted molar refractivity (Wildman–Crippen MR) is 95.4 cm³/mol. The molecule has 2 aliphatic rings. The van der Waals surface area contributed by atoms with Gasteiger partial charge in [-0.2, -0.15) is 0 Å². The number of hydrogen-bond acceptors (Lipinski definition) is 5. The van der Waals surface area contributed by atoms with Crippen molar-refractivity contribution in [3.63, 3.8) is 0 Å². The molecule has 0 spiro atoms. The van der Waals surface area contributed by atoms with Crippen LogP contribution >= 0.6 is 0 Å². The Bertz CT molecular complexity index is 582. The first-order valence-electron chi connectivity index (χ1n) is 9.17. The number of carbonyl (C=O) groups is 1. The van der Waals surface area contributed by atoms with Gasteiger partial charge in [-0.3, -0.25) is 14.7 Å². The SMILES string of the molecule is Cc1ccc(C(=O)N2C[C@@H](CN3C[C@@H](C)O[C@@H](C)C3)[C@@H](CO)C2)cn1. The monoisotopic (exact) mass is 347 g/mol. The average molecular weight is 347 g/mol. The van der Waals surface area contributed by atoms with Crippen LogP contribution in [0.25, 0.3) is 0 Å². The van der Waals surface area contributed by atoms with Crippen molar-refractivity contribution in [1.82, 2.24) is 14.8 Å². The maximum absolute atomic E-state index is 12.7. The summed E-state index contributed by atoms with van der Waals surface area (Å²) in [5.74, 6) is 0.442. The lowest BCUT2D eigenvalue weighted by molar-refractivity contribution is -0.0726. The van der Waals surface area contributed by atoms with Crippen LogP contribution in [-0.2, 0) is 4.74 Å². The van der Waals surface area contributed by atoms with E-state index in [9.17, 15) is 9.90 Å². The third-order valence-electron chi connectivity index (χ3n) is 5.24. The van der Waals surface area contributed by atoms with E-state index in [1.807, 2.05) is 24.0 Å². The van der Waals surface area contributed by atoms with Gasteiger partial charge in [-0.25, -0.2) is 0 Å². The zero-order chi connectivity index (χ0) is 18.0. The first-order chi connectivity index (χ1) is 12.0. The number of pyridine rings is 1. The zero-order valence-corrected chi connectivity index (χ0v) is 15.4. The Morgan fingerprint density at radius 1 is 1.20 bits per heavy atom. The quantitative estimate of drug-likeness (QED) is 0.886. The van der Waals surface area contributed by atoms with Crippen LogP contribution in [0, 0.1) is 18.8 Å². The van der Waals surface area contributed by atoms with Gasteiger partial charge in [0, 0.05) is 57.1 Å². The minimum absolute atomic E-state index is 0.0113. The molecule has 1 N–H and O–H groups in total. The second-order valence-corrected chi connectivity index (χ2v) is 7.58. The minimum Gasteiger partial charge on any atom is -0.396 e. The second kappa shape index (κ2) is 7.81. The number of ether oxygens (including phenoxy) is 1. The third kappa shape index (κ3) is 4.37. The van der Waals surface area contributed by atoms with E-state index in [2.05, 4.69) is 23.7 Å². The summed E-state index contributed by atoms with van der Waals surface area (Å²) < 4.78 is 5.80. The molecule has 0 aliphatic carbocycles. The van der Waals surface area contributed by atoms with E-state index < -0.39 is 0 Å². The maximum Gasteiger partial charge on any atom is 0.255 e. The van der Waals surface area contributed by atoms with Crippen molar-refractivity contribution < 1.29 is 14.6 Å². The van der Waals surface area contributed by atoms with Gasteiger partial charge >= 0.3 is 0 Å². The summed E-state index contributed by atoms with van der Waals surface area (Å²) in [5, 5.41) is 9.78. The van der Waals surface area contributed by atoms with Crippen LogP contribution in [0.2, 0.25) is 0 Å². The lowest BCUT2D eigenvalue weighted by Crippen LogP contribution is -2.48. The Morgan fingerprint density at radius 2 is 1.88 bits per heavy atom. The van der Waals surface area contributed by atoms with Crippen LogP contribution in [0.5, 0.6) is 0 Å². The van der Waals surface area contributed by atoms with Gasteiger partial charge in [-0.05, 0) is 38.8 Å². The molecule has 3 heterocycles. The molecule has 0 aromatic carbocycles. The summed E-state index contributed by atoms with van der Waals surface area (Å²) in [6, 6.07) is 3.69. The number of aliphatic hydroxyl groups is 1. The predicted octanol–water partition coefficient (Wildman–Crippen LogP) is 1.18. The van der Waals surface area contributed by atoms with Crippen LogP contribution in [0.1, 0.15) is 29.9 Å². The number of morpholine rings is 1. The van der Waals surface area contributed by atoms with Gasteiger partial charge < -0.3 is 14.7 Å². The largest absolute Gasteiger partial charge is 0.396 e. The first-order valence-corrected chi connectivity index (χ1v) is 9.17. The number of aryl methyl sites for hydroxylation is 1. The van der Waals surface area contributed by atoms with Crippen molar-refractivity contribution in [3.8, 4) is 0 Å². The highest BCUT2D eigenvalue weighted by Gasteiger charge is 2.37. The molecule has 0 radical (unpaired) electrons. The number of rotatable bonds is 4. The van der Waals surface area contributed by atoms with E-state index in [0.29, 0.717) is 24.6 Å². The van der Waals surface area contributed by atoms with Crippen molar-refractivity contribution in [1.29, 1.82) is 0 Å². The molecule has 2 aliphatic heterocycles. The summed E-state index contributed by atoms with van der Waals surface area (Å²) in [4.78, 5) is 21.2. The van der Waals surface area contributed by atoms with Gasteiger partial charge in [-0.15, -0.1) is 0 Å². The number of likely N-dealkylation sites (tertiary alicyclic amines) is 1. The van der Waals surface area contributed by atoms with Gasteiger partial charge in [0.05, 0.1) is 17.8 Å². The van der Waals surface area contributed by atoms with Gasteiger partial charge in [0.2, 0.25) is 0 Å². The van der Waals surface area contributed by atoms with E-state index in [-0.39, 0.29) is 30.6 Å². The van der Waals surface area contributed by atoms with Crippen LogP contribution in [0.3, 0.4) is 0 Å². The fraction of sp³-hybridized carbons (Fsp3) is 0.684. The molecule has 138 valence electrons. The number of hydrogen-bond donors (Lipinski definition) is 1. The van der Waals surface area contributed by atoms with Crippen LogP contribution in [0.4, 0.5) is 0 Å². The Morgan fingerprint density at radius 3 is 2.48 bits per heavy atom. The van der Waals surface area contributed by atoms with E-state index in [4.69, 9.17) is 4.74 Å². The molecular formula is C19H29N3O3. The summed E-state index contributed by atoms with van der Waals surface area (Å²) in [6.45, 7) is 10.3. The van der Waals surface area contributed by atoms with Crippen LogP contribution in [-0.4, -0.2) is 77.3 Å². The normalized spacial score (nSPS) is 30.6. The van der Waals surface area contributed by atoms with E-state index >= 15 is 0 Å². The molecule has 3 rings (SSSR count). The Balaban J connectivity index is 1.63. The fourth-order valence-electron chi connectivity index (χ4n) is 4.06. The molecule has 0 saturated carbocycles. The topological polar surface area (TPSA) is 65.9 Å². The summed E-state index contributed by atoms with van der Waals surface area (Å²) in [5.41, 5.74) is 1.52. The average Bonchev–Trinajstić information content (AvgIpc) is 2.97. The van der Waals surface area contributed by atoms with Crippen molar-refractivity contribution in [3.05, 3.63) is 29.6 Å². The van der Waals surface area contributed by atoms with E-state index in [0.717, 1.165) is 25.3 Å². The van der Waals surface area contributed by atoms with Crippen molar-refractivity contribution in [2.45, 2.75) is 33.0 Å².